The molecule has 0 radical (unpaired) electrons. The number of aryl methyl sites for hydroxylation is 1. The summed E-state index contributed by atoms with van der Waals surface area (Å²) < 4.78 is 7.71. The van der Waals surface area contributed by atoms with E-state index in [0.29, 0.717) is 11.5 Å². The van der Waals surface area contributed by atoms with Gasteiger partial charge in [-0.15, -0.1) is 5.10 Å². The Morgan fingerprint density at radius 1 is 1.56 bits per heavy atom. The van der Waals surface area contributed by atoms with Gasteiger partial charge < -0.3 is 4.74 Å². The molecule has 84 valence electrons. The second kappa shape index (κ2) is 4.13. The lowest BCUT2D eigenvalue weighted by Gasteiger charge is -1.93. The molecule has 16 heavy (non-hydrogen) atoms. The average molecular weight is 221 g/mol. The molecule has 0 saturated carbocycles. The summed E-state index contributed by atoms with van der Waals surface area (Å²) in [5, 5.41) is 11.9. The third-order valence-corrected chi connectivity index (χ3v) is 2.03. The standard InChI is InChI=1S/C9H11N5O2/c1-13-4-3-8(11-13)14-6-7(10-12-14)5-9(15)16-2/h3-4,6H,5H2,1-2H3. The Morgan fingerprint density at radius 2 is 2.38 bits per heavy atom. The Morgan fingerprint density at radius 3 is 3.00 bits per heavy atom. The van der Waals surface area contributed by atoms with Crippen molar-refractivity contribution < 1.29 is 9.53 Å². The highest BCUT2D eigenvalue weighted by atomic mass is 16.5. The maximum absolute atomic E-state index is 11.0. The lowest BCUT2D eigenvalue weighted by atomic mass is 10.3. The van der Waals surface area contributed by atoms with Gasteiger partial charge in [0.05, 0.1) is 25.4 Å². The van der Waals surface area contributed by atoms with Gasteiger partial charge in [-0.2, -0.15) is 5.10 Å². The minimum atomic E-state index is -0.340. The Bertz CT molecular complexity index is 501. The number of methoxy groups -OCH3 is 1. The van der Waals surface area contributed by atoms with Gasteiger partial charge in [0.15, 0.2) is 5.82 Å². The topological polar surface area (TPSA) is 74.8 Å². The van der Waals surface area contributed by atoms with Crippen LogP contribution in [-0.2, 0) is 23.0 Å². The Labute approximate surface area is 91.6 Å². The fraction of sp³-hybridized carbons (Fsp3) is 0.333. The van der Waals surface area contributed by atoms with Crippen LogP contribution in [-0.4, -0.2) is 37.9 Å². The van der Waals surface area contributed by atoms with Crippen LogP contribution in [0.15, 0.2) is 18.5 Å². The van der Waals surface area contributed by atoms with E-state index in [1.807, 2.05) is 7.05 Å². The molecule has 0 aliphatic heterocycles. The van der Waals surface area contributed by atoms with Crippen LogP contribution in [0.5, 0.6) is 0 Å². The normalized spacial score (nSPS) is 10.4. The summed E-state index contributed by atoms with van der Waals surface area (Å²) in [4.78, 5) is 11.0. The van der Waals surface area contributed by atoms with E-state index in [1.165, 1.54) is 11.8 Å². The summed E-state index contributed by atoms with van der Waals surface area (Å²) in [6.07, 6.45) is 3.57. The smallest absolute Gasteiger partial charge is 0.311 e. The molecule has 2 heterocycles. The molecule has 0 aromatic carbocycles. The van der Waals surface area contributed by atoms with Crippen molar-refractivity contribution in [3.63, 3.8) is 0 Å². The summed E-state index contributed by atoms with van der Waals surface area (Å²) in [7, 11) is 3.15. The number of ether oxygens (including phenoxy) is 1. The van der Waals surface area contributed by atoms with Crippen LogP contribution in [0.4, 0.5) is 0 Å². The molecular formula is C9H11N5O2. The molecule has 0 saturated heterocycles. The van der Waals surface area contributed by atoms with Crippen LogP contribution in [0, 0.1) is 0 Å². The van der Waals surface area contributed by atoms with Gasteiger partial charge in [-0.05, 0) is 0 Å². The van der Waals surface area contributed by atoms with E-state index in [9.17, 15) is 4.79 Å². The van der Waals surface area contributed by atoms with Crippen molar-refractivity contribution in [2.45, 2.75) is 6.42 Å². The van der Waals surface area contributed by atoms with Crippen molar-refractivity contribution in [3.05, 3.63) is 24.2 Å². The summed E-state index contributed by atoms with van der Waals surface area (Å²) in [5.41, 5.74) is 0.553. The first kappa shape index (κ1) is 10.3. The Kier molecular flexibility index (Phi) is 2.67. The minimum Gasteiger partial charge on any atom is -0.469 e. The lowest BCUT2D eigenvalue weighted by molar-refractivity contribution is -0.139. The number of esters is 1. The van der Waals surface area contributed by atoms with Gasteiger partial charge in [0.2, 0.25) is 0 Å². The number of hydrogen-bond donors (Lipinski definition) is 0. The summed E-state index contributed by atoms with van der Waals surface area (Å²) in [5.74, 6) is 0.319. The highest BCUT2D eigenvalue weighted by Crippen LogP contribution is 2.03. The molecule has 7 heteroatoms. The SMILES string of the molecule is COC(=O)Cc1cn(-c2ccn(C)n2)nn1. The predicted octanol–water partition coefficient (Wildman–Crippen LogP) is -0.284. The van der Waals surface area contributed by atoms with E-state index < -0.39 is 0 Å². The van der Waals surface area contributed by atoms with Crippen LogP contribution in [0.2, 0.25) is 0 Å². The number of hydrogen-bond acceptors (Lipinski definition) is 5. The van der Waals surface area contributed by atoms with Crippen LogP contribution in [0.25, 0.3) is 5.82 Å². The maximum atomic E-state index is 11.0. The average Bonchev–Trinajstić information content (AvgIpc) is 2.87. The van der Waals surface area contributed by atoms with Crippen molar-refractivity contribution >= 4 is 5.97 Å². The van der Waals surface area contributed by atoms with Crippen molar-refractivity contribution in [2.75, 3.05) is 7.11 Å². The fourth-order valence-electron chi connectivity index (χ4n) is 1.24. The maximum Gasteiger partial charge on any atom is 0.311 e. The molecule has 0 aliphatic carbocycles. The highest BCUT2D eigenvalue weighted by molar-refractivity contribution is 5.71. The van der Waals surface area contributed by atoms with Crippen LogP contribution in [0.1, 0.15) is 5.69 Å². The quantitative estimate of drug-likeness (QED) is 0.666. The highest BCUT2D eigenvalue weighted by Gasteiger charge is 2.09. The van der Waals surface area contributed by atoms with Gasteiger partial charge in [-0.1, -0.05) is 5.21 Å². The van der Waals surface area contributed by atoms with Crippen molar-refractivity contribution in [1.82, 2.24) is 24.8 Å². The Hall–Kier alpha value is -2.18. The number of carbonyl (C=O) groups excluding carboxylic acids is 1. The van der Waals surface area contributed by atoms with E-state index in [2.05, 4.69) is 20.1 Å². The molecule has 0 N–H and O–H groups in total. The number of carbonyl (C=O) groups is 1. The van der Waals surface area contributed by atoms with Crippen molar-refractivity contribution in [2.24, 2.45) is 7.05 Å². The second-order valence-electron chi connectivity index (χ2n) is 3.25. The number of rotatable bonds is 3. The molecule has 0 atom stereocenters. The first-order valence-corrected chi connectivity index (χ1v) is 4.67. The van der Waals surface area contributed by atoms with Crippen LogP contribution < -0.4 is 0 Å². The zero-order valence-corrected chi connectivity index (χ0v) is 8.99. The zero-order chi connectivity index (χ0) is 11.5. The summed E-state index contributed by atoms with van der Waals surface area (Å²) in [6, 6.07) is 1.80. The van der Waals surface area contributed by atoms with Gasteiger partial charge in [0.25, 0.3) is 0 Å². The molecule has 0 unspecified atom stereocenters. The minimum absolute atomic E-state index is 0.114. The monoisotopic (exact) mass is 221 g/mol. The molecule has 0 bridgehead atoms. The van der Waals surface area contributed by atoms with Gasteiger partial charge in [-0.25, -0.2) is 4.68 Å². The molecule has 0 spiro atoms. The molecule has 2 aromatic heterocycles. The third kappa shape index (κ3) is 2.08. The Balaban J connectivity index is 2.16. The lowest BCUT2D eigenvalue weighted by Crippen LogP contribution is -2.04. The van der Waals surface area contributed by atoms with Crippen molar-refractivity contribution in [3.8, 4) is 5.82 Å². The van der Waals surface area contributed by atoms with Gasteiger partial charge >= 0.3 is 5.97 Å². The number of nitrogens with zero attached hydrogens (tertiary/aromatic N) is 5. The largest absolute Gasteiger partial charge is 0.469 e. The molecular weight excluding hydrogens is 210 g/mol. The van der Waals surface area contributed by atoms with E-state index in [0.717, 1.165) is 0 Å². The molecule has 0 amide bonds. The zero-order valence-electron chi connectivity index (χ0n) is 8.99. The van der Waals surface area contributed by atoms with Gasteiger partial charge in [0.1, 0.15) is 0 Å². The van der Waals surface area contributed by atoms with Crippen molar-refractivity contribution in [1.29, 1.82) is 0 Å². The van der Waals surface area contributed by atoms with E-state index in [-0.39, 0.29) is 12.4 Å². The predicted molar refractivity (Wildman–Crippen MR) is 53.8 cm³/mol. The molecule has 0 aliphatic rings. The summed E-state index contributed by atoms with van der Waals surface area (Å²) in [6.45, 7) is 0. The van der Waals surface area contributed by atoms with Gasteiger partial charge in [0, 0.05) is 19.3 Å². The third-order valence-electron chi connectivity index (χ3n) is 2.03. The second-order valence-corrected chi connectivity index (χ2v) is 3.25. The first-order chi connectivity index (χ1) is 7.69. The van der Waals surface area contributed by atoms with Crippen LogP contribution >= 0.6 is 0 Å². The van der Waals surface area contributed by atoms with E-state index >= 15 is 0 Å². The van der Waals surface area contributed by atoms with E-state index in [1.54, 1.807) is 23.1 Å². The molecule has 2 aromatic rings. The fourth-order valence-corrected chi connectivity index (χ4v) is 1.24. The van der Waals surface area contributed by atoms with Gasteiger partial charge in [-0.3, -0.25) is 9.48 Å². The van der Waals surface area contributed by atoms with E-state index in [4.69, 9.17) is 0 Å². The van der Waals surface area contributed by atoms with Crippen LogP contribution in [0.3, 0.4) is 0 Å². The first-order valence-electron chi connectivity index (χ1n) is 4.67. The molecule has 7 nitrogen and oxygen atoms in total. The summed E-state index contributed by atoms with van der Waals surface area (Å²) >= 11 is 0. The molecule has 2 rings (SSSR count). The number of aromatic nitrogens is 5. The molecule has 0 fully saturated rings.